The van der Waals surface area contributed by atoms with Crippen molar-refractivity contribution >= 4 is 28.0 Å². The van der Waals surface area contributed by atoms with E-state index in [1.54, 1.807) is 29.2 Å². The van der Waals surface area contributed by atoms with E-state index in [0.29, 0.717) is 22.8 Å². The fourth-order valence-electron chi connectivity index (χ4n) is 3.96. The highest BCUT2D eigenvalue weighted by atomic mass is 79.9. The van der Waals surface area contributed by atoms with Gasteiger partial charge >= 0.3 is 12.1 Å². The number of carbonyl (C=O) groups is 2. The van der Waals surface area contributed by atoms with Crippen LogP contribution >= 0.6 is 15.9 Å². The van der Waals surface area contributed by atoms with Crippen LogP contribution in [0.15, 0.2) is 71.2 Å². The second kappa shape index (κ2) is 10.2. The molecule has 3 aromatic carbocycles. The number of amides is 1. The van der Waals surface area contributed by atoms with Gasteiger partial charge in [0.1, 0.15) is 11.9 Å². The molecule has 0 aliphatic carbocycles. The van der Waals surface area contributed by atoms with E-state index in [1.807, 2.05) is 49.4 Å². The lowest BCUT2D eigenvalue weighted by Crippen LogP contribution is -2.31. The Labute approximate surface area is 206 Å². The number of halogens is 1. The Morgan fingerprint density at radius 2 is 1.79 bits per heavy atom. The first kappa shape index (κ1) is 23.6. The summed E-state index contributed by atoms with van der Waals surface area (Å²) in [4.78, 5) is 25.6. The number of hydrogen-bond donors (Lipinski definition) is 1. The van der Waals surface area contributed by atoms with Gasteiger partial charge in [0.15, 0.2) is 11.5 Å². The van der Waals surface area contributed by atoms with Crippen molar-refractivity contribution < 1.29 is 28.9 Å². The van der Waals surface area contributed by atoms with Gasteiger partial charge in [0.05, 0.1) is 26.1 Å². The number of ether oxygens (including phenoxy) is 3. The largest absolute Gasteiger partial charge is 0.493 e. The molecule has 1 fully saturated rings. The molecule has 34 heavy (non-hydrogen) atoms. The molecule has 1 N–H and O–H groups in total. The lowest BCUT2D eigenvalue weighted by Gasteiger charge is -2.22. The molecule has 0 bridgehead atoms. The quantitative estimate of drug-likeness (QED) is 0.390. The molecule has 1 aliphatic rings. The van der Waals surface area contributed by atoms with E-state index >= 15 is 0 Å². The Morgan fingerprint density at radius 1 is 1.06 bits per heavy atom. The first-order valence-electron chi connectivity index (χ1n) is 10.7. The molecule has 4 rings (SSSR count). The molecule has 0 aromatic heterocycles. The van der Waals surface area contributed by atoms with Gasteiger partial charge in [-0.2, -0.15) is 0 Å². The number of hydrogen-bond acceptors (Lipinski definition) is 5. The van der Waals surface area contributed by atoms with Gasteiger partial charge in [0.2, 0.25) is 0 Å². The summed E-state index contributed by atoms with van der Waals surface area (Å²) in [6, 6.07) is 20.0. The number of cyclic esters (lactones) is 1. The molecule has 0 saturated carbocycles. The number of carboxylic acids is 1. The van der Waals surface area contributed by atoms with Crippen molar-refractivity contribution in [2.45, 2.75) is 32.0 Å². The van der Waals surface area contributed by atoms with Crippen LogP contribution in [0.1, 0.15) is 29.7 Å². The van der Waals surface area contributed by atoms with Crippen molar-refractivity contribution in [3.63, 3.8) is 0 Å². The highest BCUT2D eigenvalue weighted by Crippen LogP contribution is 2.38. The number of benzene rings is 3. The maximum absolute atomic E-state index is 12.8. The highest BCUT2D eigenvalue weighted by molar-refractivity contribution is 9.10. The van der Waals surface area contributed by atoms with Crippen molar-refractivity contribution in [1.82, 2.24) is 4.90 Å². The molecule has 2 atom stereocenters. The van der Waals surface area contributed by atoms with Crippen LogP contribution in [0.25, 0.3) is 0 Å². The maximum atomic E-state index is 12.8. The fraction of sp³-hybridized carbons (Fsp3) is 0.231. The van der Waals surface area contributed by atoms with E-state index in [2.05, 4.69) is 15.9 Å². The van der Waals surface area contributed by atoms with Crippen LogP contribution in [-0.2, 0) is 22.5 Å². The number of nitrogens with zero attached hydrogens (tertiary/aromatic N) is 1. The van der Waals surface area contributed by atoms with Crippen molar-refractivity contribution in [3.8, 4) is 17.2 Å². The average molecular weight is 526 g/mol. The molecule has 8 heteroatoms. The molecule has 3 aromatic rings. The van der Waals surface area contributed by atoms with Crippen LogP contribution in [0, 0.1) is 0 Å². The Kier molecular flexibility index (Phi) is 7.07. The Hall–Kier alpha value is -3.52. The minimum Gasteiger partial charge on any atom is -0.493 e. The highest BCUT2D eigenvalue weighted by Gasteiger charge is 2.39. The lowest BCUT2D eigenvalue weighted by molar-refractivity contribution is -0.136. The number of aliphatic carboxylic acids is 1. The van der Waals surface area contributed by atoms with E-state index in [1.165, 1.54) is 7.11 Å². The number of carboxylic acid groups (broad SMARTS) is 1. The van der Waals surface area contributed by atoms with Crippen molar-refractivity contribution in [3.05, 3.63) is 87.9 Å². The number of rotatable bonds is 8. The predicted molar refractivity (Wildman–Crippen MR) is 129 cm³/mol. The van der Waals surface area contributed by atoms with Gasteiger partial charge in [-0.25, -0.2) is 4.79 Å². The van der Waals surface area contributed by atoms with Gasteiger partial charge in [-0.05, 0) is 48.4 Å². The van der Waals surface area contributed by atoms with E-state index in [9.17, 15) is 9.59 Å². The van der Waals surface area contributed by atoms with E-state index in [4.69, 9.17) is 19.3 Å². The van der Waals surface area contributed by atoms with Crippen LogP contribution in [0.5, 0.6) is 17.2 Å². The van der Waals surface area contributed by atoms with Crippen LogP contribution in [0.3, 0.4) is 0 Å². The molecular formula is C26H24BrNO6. The van der Waals surface area contributed by atoms with Crippen LogP contribution in [0.2, 0.25) is 0 Å². The molecule has 1 aliphatic heterocycles. The molecule has 1 unspecified atom stereocenters. The van der Waals surface area contributed by atoms with Crippen LogP contribution in [0.4, 0.5) is 4.79 Å². The summed E-state index contributed by atoms with van der Waals surface area (Å²) in [5.41, 5.74) is 2.29. The van der Waals surface area contributed by atoms with Gasteiger partial charge in [-0.1, -0.05) is 52.3 Å². The summed E-state index contributed by atoms with van der Waals surface area (Å²) >= 11 is 3.50. The zero-order valence-electron chi connectivity index (χ0n) is 18.7. The minimum atomic E-state index is -0.935. The normalized spacial score (nSPS) is 17.4. The predicted octanol–water partition coefficient (Wildman–Crippen LogP) is 5.96. The summed E-state index contributed by atoms with van der Waals surface area (Å²) in [6.07, 6.45) is -0.891. The molecule has 0 radical (unpaired) electrons. The minimum absolute atomic E-state index is 0.133. The van der Waals surface area contributed by atoms with E-state index in [0.717, 1.165) is 15.6 Å². The van der Waals surface area contributed by atoms with Crippen LogP contribution < -0.4 is 9.47 Å². The standard InChI is InChI=1S/C26H24BrNO6/c1-16-25(18-6-4-3-5-7-18)34-26(31)28(16)15-19-14-20(27)9-11-21(19)33-23-12-17(13-24(29)30)8-10-22(23)32-2/h3-12,14,16,25H,13,15H2,1-2H3,(H,29,30)/t16-,25?/m0/s1. The molecule has 176 valence electrons. The molecule has 1 heterocycles. The third-order valence-electron chi connectivity index (χ3n) is 5.69. The zero-order valence-corrected chi connectivity index (χ0v) is 20.3. The SMILES string of the molecule is COc1ccc(CC(=O)O)cc1Oc1ccc(Br)cc1CN1C(=O)OC(c2ccccc2)[C@@H]1C. The molecule has 0 spiro atoms. The summed E-state index contributed by atoms with van der Waals surface area (Å²) in [5.74, 6) is 0.456. The van der Waals surface area contributed by atoms with Crippen molar-refractivity contribution in [1.29, 1.82) is 0 Å². The van der Waals surface area contributed by atoms with E-state index in [-0.39, 0.29) is 25.1 Å². The van der Waals surface area contributed by atoms with Gasteiger partial charge < -0.3 is 19.3 Å². The smallest absolute Gasteiger partial charge is 0.411 e. The van der Waals surface area contributed by atoms with Gasteiger partial charge in [0, 0.05) is 10.0 Å². The van der Waals surface area contributed by atoms with Gasteiger partial charge in [-0.15, -0.1) is 0 Å². The average Bonchev–Trinajstić information content (AvgIpc) is 3.09. The maximum Gasteiger partial charge on any atom is 0.411 e. The monoisotopic (exact) mass is 525 g/mol. The number of carbonyl (C=O) groups excluding carboxylic acids is 1. The second-order valence-corrected chi connectivity index (χ2v) is 8.91. The third kappa shape index (κ3) is 5.17. The second-order valence-electron chi connectivity index (χ2n) is 7.99. The molecule has 7 nitrogen and oxygen atoms in total. The van der Waals surface area contributed by atoms with Gasteiger partial charge in [0.25, 0.3) is 0 Å². The van der Waals surface area contributed by atoms with Gasteiger partial charge in [-0.3, -0.25) is 9.69 Å². The van der Waals surface area contributed by atoms with Crippen LogP contribution in [-0.4, -0.2) is 35.2 Å². The Morgan fingerprint density at radius 3 is 2.50 bits per heavy atom. The zero-order chi connectivity index (χ0) is 24.2. The summed E-state index contributed by atoms with van der Waals surface area (Å²) in [5, 5.41) is 9.13. The first-order chi connectivity index (χ1) is 16.4. The first-order valence-corrected chi connectivity index (χ1v) is 11.5. The summed E-state index contributed by atoms with van der Waals surface area (Å²) < 4.78 is 18.1. The molecule has 1 amide bonds. The third-order valence-corrected chi connectivity index (χ3v) is 6.18. The number of methoxy groups -OCH3 is 1. The van der Waals surface area contributed by atoms with E-state index < -0.39 is 12.1 Å². The van der Waals surface area contributed by atoms with Crippen molar-refractivity contribution in [2.24, 2.45) is 0 Å². The van der Waals surface area contributed by atoms with Crippen molar-refractivity contribution in [2.75, 3.05) is 7.11 Å². The summed E-state index contributed by atoms with van der Waals surface area (Å²) in [6.45, 7) is 2.23. The Bertz CT molecular complexity index is 1200. The topological polar surface area (TPSA) is 85.3 Å². The molecular weight excluding hydrogens is 502 g/mol. The lowest BCUT2D eigenvalue weighted by atomic mass is 10.0. The molecule has 1 saturated heterocycles. The summed E-state index contributed by atoms with van der Waals surface area (Å²) in [7, 11) is 1.52. The fourth-order valence-corrected chi connectivity index (χ4v) is 4.37. The Balaban J connectivity index is 1.61.